The van der Waals surface area contributed by atoms with Crippen molar-refractivity contribution in [1.82, 2.24) is 0 Å². The lowest BCUT2D eigenvalue weighted by Gasteiger charge is -2.29. The number of carbonyl (C=O) groups excluding carboxylic acids is 4. The molecule has 0 saturated heterocycles. The fourth-order valence-corrected chi connectivity index (χ4v) is 13.8. The van der Waals surface area contributed by atoms with Crippen molar-refractivity contribution in [1.29, 1.82) is 0 Å². The predicted molar refractivity (Wildman–Crippen MR) is 339 cm³/mol. The van der Waals surface area contributed by atoms with Gasteiger partial charge in [-0.3, -0.25) is 19.2 Å². The molecule has 0 aliphatic carbocycles. The van der Waals surface area contributed by atoms with Crippen LogP contribution in [0.4, 0.5) is 0 Å². The van der Waals surface area contributed by atoms with E-state index in [4.69, 9.17) is 18.9 Å². The van der Waals surface area contributed by atoms with Crippen molar-refractivity contribution in [2.75, 3.05) is 0 Å². The van der Waals surface area contributed by atoms with E-state index in [1.165, 1.54) is 175 Å². The van der Waals surface area contributed by atoms with Crippen LogP contribution in [0, 0.1) is 0 Å². The lowest BCUT2D eigenvalue weighted by molar-refractivity contribution is -0.431. The first-order chi connectivity index (χ1) is 37.1. The largest absolute Gasteiger partial charge is 0.619 e. The molecule has 0 spiro atoms. The molecule has 77 heavy (non-hydrogen) atoms. The molecule has 8 nitrogen and oxygen atoms in total. The van der Waals surface area contributed by atoms with Crippen molar-refractivity contribution in [2.45, 2.75) is 339 Å². The van der Waals surface area contributed by atoms with E-state index in [1.54, 1.807) is 0 Å². The second-order valence-electron chi connectivity index (χ2n) is 21.5. The fraction of sp³-hybridized carbons (Fsp3) is 0.815. The van der Waals surface area contributed by atoms with Crippen LogP contribution in [0.5, 0.6) is 0 Å². The van der Waals surface area contributed by atoms with Gasteiger partial charge in [0.25, 0.3) is 0 Å². The second kappa shape index (κ2) is 51.1. The Hall–Kier alpha value is -1.76. The molecule has 0 bridgehead atoms. The van der Waals surface area contributed by atoms with Gasteiger partial charge in [0.05, 0.1) is 25.7 Å². The lowest BCUT2D eigenvalue weighted by Crippen LogP contribution is -2.48. The fourth-order valence-electron chi connectivity index (χ4n) is 9.28. The van der Waals surface area contributed by atoms with Crippen LogP contribution in [-0.2, 0) is 38.1 Å². The molecule has 0 rings (SSSR count). The molecule has 0 saturated carbocycles. The van der Waals surface area contributed by atoms with Crippen LogP contribution in [-0.4, -0.2) is 51.0 Å². The summed E-state index contributed by atoms with van der Waals surface area (Å²) in [6.45, 7) is 34.3. The number of hydrogen-bond acceptors (Lipinski definition) is 12. The molecule has 0 N–H and O–H groups in total. The van der Waals surface area contributed by atoms with E-state index in [-0.39, 0.29) is 46.7 Å². The van der Waals surface area contributed by atoms with E-state index in [2.05, 4.69) is 81.7 Å². The Balaban J connectivity index is 6.65. The molecule has 4 unspecified atom stereocenters. The minimum absolute atomic E-state index is 0.243. The van der Waals surface area contributed by atoms with Crippen molar-refractivity contribution in [2.24, 2.45) is 0 Å². The molecular formula is C65H116O8S4. The highest BCUT2D eigenvalue weighted by Gasteiger charge is 2.50. The maximum absolute atomic E-state index is 14.1. The highest BCUT2D eigenvalue weighted by molar-refractivity contribution is 8.04. The highest BCUT2D eigenvalue weighted by Crippen LogP contribution is 2.36. The molecular weight excluding hydrogens is 1040 g/mol. The number of esters is 4. The molecule has 0 heterocycles. The Kier molecular flexibility index (Phi) is 50.0. The van der Waals surface area contributed by atoms with Crippen LogP contribution in [0.3, 0.4) is 0 Å². The van der Waals surface area contributed by atoms with Crippen LogP contribution in [0.1, 0.15) is 312 Å². The van der Waals surface area contributed by atoms with Crippen LogP contribution in [0.15, 0.2) is 45.9 Å². The number of unbranched alkanes of at least 4 members (excludes halogenated alkanes) is 24. The standard InChI is InChI=1S/C65H116O8S4/c1-13-21-25-29-33-37-41-45-57(17-5)74-53(9)49-61(66)70-65(71-62(67)50-54(10)75-58(18-6)46-42-38-34-30-26-22-14-2,72-63(68)51-55(11)76-59(19-7)47-43-39-35-31-27-23-15-3)73-64(69)52-56(12)77-60(20-8)48-44-40-36-32-28-24-16-4/h57-60H,9-52H2,1-8H3. The monoisotopic (exact) mass is 1150 g/mol. The molecule has 448 valence electrons. The number of hydrogen-bond donors (Lipinski definition) is 0. The SMILES string of the molecule is C=C(CC(=O)OC(OC(=O)CC(=C)SC(CC)CCCCCCCCC)(OC(=O)CC(=C)SC(CC)CCCCCCCCC)OC(=O)CC(=C)SC(CC)CCCCCCCCC)SC(CC)CCCCCCCCC. The molecule has 0 aromatic heterocycles. The van der Waals surface area contributed by atoms with Gasteiger partial charge in [0, 0.05) is 21.0 Å². The van der Waals surface area contributed by atoms with Gasteiger partial charge in [-0.15, -0.1) is 47.0 Å². The van der Waals surface area contributed by atoms with Gasteiger partial charge in [-0.1, -0.05) is 261 Å². The number of carbonyl (C=O) groups is 4. The molecule has 0 aromatic rings. The maximum Gasteiger partial charge on any atom is 0.619 e. The first-order valence-corrected chi connectivity index (χ1v) is 34.9. The Morgan fingerprint density at radius 3 is 0.636 bits per heavy atom. The van der Waals surface area contributed by atoms with Crippen molar-refractivity contribution >= 4 is 70.9 Å². The lowest BCUT2D eigenvalue weighted by atomic mass is 10.1. The van der Waals surface area contributed by atoms with E-state index < -0.39 is 30.0 Å². The predicted octanol–water partition coefficient (Wildman–Crippen LogP) is 22.0. The second-order valence-corrected chi connectivity index (χ2v) is 27.4. The zero-order valence-electron chi connectivity index (χ0n) is 50.8. The minimum Gasteiger partial charge on any atom is -0.352 e. The summed E-state index contributed by atoms with van der Waals surface area (Å²) in [6.07, 6.45) is 37.2. The third-order valence-corrected chi connectivity index (χ3v) is 19.5. The quantitative estimate of drug-likeness (QED) is 0.0329. The van der Waals surface area contributed by atoms with E-state index in [1.807, 2.05) is 0 Å². The van der Waals surface area contributed by atoms with Crippen molar-refractivity contribution in [3.63, 3.8) is 0 Å². The maximum atomic E-state index is 14.1. The molecule has 0 aromatic carbocycles. The van der Waals surface area contributed by atoms with Crippen LogP contribution < -0.4 is 0 Å². The van der Waals surface area contributed by atoms with E-state index in [9.17, 15) is 19.2 Å². The molecule has 12 heteroatoms. The van der Waals surface area contributed by atoms with Gasteiger partial charge in [0.15, 0.2) is 0 Å². The molecule has 0 aliphatic rings. The summed E-state index contributed by atoms with van der Waals surface area (Å²) >= 11 is 6.13. The molecule has 4 atom stereocenters. The van der Waals surface area contributed by atoms with E-state index >= 15 is 0 Å². The third kappa shape index (κ3) is 43.6. The Bertz CT molecular complexity index is 1350. The summed E-state index contributed by atoms with van der Waals surface area (Å²) in [5.74, 6) is -3.67. The molecule has 0 aliphatic heterocycles. The van der Waals surface area contributed by atoms with Gasteiger partial charge in [-0.05, 0) is 71.0 Å². The summed E-state index contributed by atoms with van der Waals surface area (Å²) in [7, 11) is 0. The zero-order valence-corrected chi connectivity index (χ0v) is 54.1. The summed E-state index contributed by atoms with van der Waals surface area (Å²) < 4.78 is 23.5. The zero-order chi connectivity index (χ0) is 57.4. The normalized spacial score (nSPS) is 13.7. The van der Waals surface area contributed by atoms with Gasteiger partial charge in [0.2, 0.25) is 0 Å². The Morgan fingerprint density at radius 1 is 0.299 bits per heavy atom. The summed E-state index contributed by atoms with van der Waals surface area (Å²) in [6, 6.07) is 0. The highest BCUT2D eigenvalue weighted by atomic mass is 32.2. The van der Waals surface area contributed by atoms with Crippen LogP contribution in [0.25, 0.3) is 0 Å². The van der Waals surface area contributed by atoms with Crippen molar-refractivity contribution in [3.05, 3.63) is 45.9 Å². The number of ether oxygens (including phenoxy) is 4. The smallest absolute Gasteiger partial charge is 0.352 e. The minimum atomic E-state index is -3.15. The number of thioether (sulfide) groups is 4. The number of rotatable bonds is 56. The van der Waals surface area contributed by atoms with Crippen molar-refractivity contribution < 1.29 is 38.1 Å². The van der Waals surface area contributed by atoms with Gasteiger partial charge >= 0.3 is 30.0 Å². The first-order valence-electron chi connectivity index (χ1n) is 31.4. The van der Waals surface area contributed by atoms with Crippen LogP contribution >= 0.6 is 47.0 Å². The Labute approximate surface area is 491 Å². The molecule has 0 amide bonds. The molecule has 0 radical (unpaired) electrons. The first kappa shape index (κ1) is 75.2. The average molecular weight is 1150 g/mol. The summed E-state index contributed by atoms with van der Waals surface area (Å²) in [5.41, 5.74) is 0. The summed E-state index contributed by atoms with van der Waals surface area (Å²) in [4.78, 5) is 58.8. The van der Waals surface area contributed by atoms with E-state index in [0.717, 1.165) is 103 Å². The van der Waals surface area contributed by atoms with Crippen LogP contribution in [0.2, 0.25) is 0 Å². The third-order valence-electron chi connectivity index (χ3n) is 14.0. The van der Waals surface area contributed by atoms with Gasteiger partial charge in [-0.25, -0.2) is 0 Å². The summed E-state index contributed by atoms with van der Waals surface area (Å²) in [5, 5.41) is 0.974. The van der Waals surface area contributed by atoms with Gasteiger partial charge in [0.1, 0.15) is 0 Å². The molecule has 0 fully saturated rings. The van der Waals surface area contributed by atoms with Gasteiger partial charge in [-0.2, -0.15) is 0 Å². The van der Waals surface area contributed by atoms with Crippen molar-refractivity contribution in [3.8, 4) is 0 Å². The van der Waals surface area contributed by atoms with E-state index in [0.29, 0.717) is 19.6 Å². The average Bonchev–Trinajstić information content (AvgIpc) is 3.37. The van der Waals surface area contributed by atoms with Gasteiger partial charge < -0.3 is 18.9 Å². The topological polar surface area (TPSA) is 105 Å². The Morgan fingerprint density at radius 2 is 0.468 bits per heavy atom.